The normalized spacial score (nSPS) is 10.2. The van der Waals surface area contributed by atoms with Crippen molar-refractivity contribution in [2.45, 2.75) is 13.2 Å². The van der Waals surface area contributed by atoms with Crippen molar-refractivity contribution in [3.63, 3.8) is 0 Å². The predicted molar refractivity (Wildman–Crippen MR) is 99.9 cm³/mol. The van der Waals surface area contributed by atoms with Gasteiger partial charge in [0.1, 0.15) is 36.7 Å². The Morgan fingerprint density at radius 1 is 0.808 bits per heavy atom. The van der Waals surface area contributed by atoms with Crippen LogP contribution in [0.5, 0.6) is 17.2 Å². The number of aldehydes is 1. The van der Waals surface area contributed by atoms with Crippen molar-refractivity contribution < 1.29 is 19.0 Å². The third kappa shape index (κ3) is 4.63. The summed E-state index contributed by atoms with van der Waals surface area (Å²) < 4.78 is 16.9. The first kappa shape index (κ1) is 17.5. The first-order valence-electron chi connectivity index (χ1n) is 8.30. The van der Waals surface area contributed by atoms with Crippen molar-refractivity contribution in [3.05, 3.63) is 89.5 Å². The molecule has 3 aromatic rings. The fraction of sp³-hybridized carbons (Fsp3) is 0.136. The molecule has 0 atom stereocenters. The van der Waals surface area contributed by atoms with Gasteiger partial charge in [0.15, 0.2) is 0 Å². The zero-order valence-corrected chi connectivity index (χ0v) is 14.6. The molecule has 0 fully saturated rings. The largest absolute Gasteiger partial charge is 0.496 e. The monoisotopic (exact) mass is 348 g/mol. The molecule has 0 N–H and O–H groups in total. The molecule has 0 spiro atoms. The highest BCUT2D eigenvalue weighted by atomic mass is 16.5. The minimum absolute atomic E-state index is 0.315. The van der Waals surface area contributed by atoms with E-state index in [1.165, 1.54) is 0 Å². The van der Waals surface area contributed by atoms with E-state index in [2.05, 4.69) is 0 Å². The van der Waals surface area contributed by atoms with Crippen LogP contribution in [0.2, 0.25) is 0 Å². The number of carbonyl (C=O) groups is 1. The Balaban J connectivity index is 1.58. The Kier molecular flexibility index (Phi) is 5.88. The summed E-state index contributed by atoms with van der Waals surface area (Å²) in [5, 5.41) is 0. The number of benzene rings is 3. The maximum atomic E-state index is 10.9. The van der Waals surface area contributed by atoms with E-state index >= 15 is 0 Å². The van der Waals surface area contributed by atoms with Gasteiger partial charge in [-0.3, -0.25) is 4.79 Å². The van der Waals surface area contributed by atoms with Gasteiger partial charge in [-0.2, -0.15) is 0 Å². The fourth-order valence-electron chi connectivity index (χ4n) is 2.52. The Morgan fingerprint density at radius 3 is 2.08 bits per heavy atom. The predicted octanol–water partition coefficient (Wildman–Crippen LogP) is 4.67. The Bertz CT molecular complexity index is 842. The summed E-state index contributed by atoms with van der Waals surface area (Å²) in [6, 6.07) is 22.7. The van der Waals surface area contributed by atoms with E-state index < -0.39 is 0 Å². The molecule has 26 heavy (non-hydrogen) atoms. The molecule has 0 radical (unpaired) electrons. The maximum absolute atomic E-state index is 10.9. The van der Waals surface area contributed by atoms with Crippen molar-refractivity contribution >= 4 is 6.29 Å². The summed E-state index contributed by atoms with van der Waals surface area (Å²) in [6.45, 7) is 0.839. The second-order valence-electron chi connectivity index (χ2n) is 5.72. The van der Waals surface area contributed by atoms with E-state index in [-0.39, 0.29) is 0 Å². The smallest absolute Gasteiger partial charge is 0.150 e. The van der Waals surface area contributed by atoms with Crippen LogP contribution in [0.3, 0.4) is 0 Å². The van der Waals surface area contributed by atoms with Gasteiger partial charge in [-0.1, -0.05) is 30.3 Å². The van der Waals surface area contributed by atoms with Crippen LogP contribution in [0.1, 0.15) is 21.5 Å². The molecule has 3 aromatic carbocycles. The average molecular weight is 348 g/mol. The second-order valence-corrected chi connectivity index (χ2v) is 5.72. The summed E-state index contributed by atoms with van der Waals surface area (Å²) in [7, 11) is 1.60. The third-order valence-electron chi connectivity index (χ3n) is 3.91. The number of rotatable bonds is 8. The van der Waals surface area contributed by atoms with E-state index in [0.29, 0.717) is 24.5 Å². The van der Waals surface area contributed by atoms with Crippen molar-refractivity contribution in [3.8, 4) is 17.2 Å². The van der Waals surface area contributed by atoms with Gasteiger partial charge in [-0.15, -0.1) is 0 Å². The van der Waals surface area contributed by atoms with Gasteiger partial charge in [-0.05, 0) is 48.0 Å². The topological polar surface area (TPSA) is 44.8 Å². The molecule has 0 aliphatic carbocycles. The minimum Gasteiger partial charge on any atom is -0.496 e. The van der Waals surface area contributed by atoms with E-state index in [1.807, 2.05) is 54.6 Å². The third-order valence-corrected chi connectivity index (χ3v) is 3.91. The highest BCUT2D eigenvalue weighted by molar-refractivity contribution is 5.75. The molecule has 4 heteroatoms. The van der Waals surface area contributed by atoms with Gasteiger partial charge in [0, 0.05) is 11.1 Å². The molecular formula is C22H20O4. The number of carbonyl (C=O) groups excluding carboxylic acids is 1. The lowest BCUT2D eigenvalue weighted by Crippen LogP contribution is -2.00. The fourth-order valence-corrected chi connectivity index (χ4v) is 2.52. The number of ether oxygens (including phenoxy) is 3. The standard InChI is InChI=1S/C22H20O4/c1-24-22-12-7-18(14-23)13-19(22)16-26-21-10-8-20(9-11-21)25-15-17-5-3-2-4-6-17/h2-14H,15-16H2,1H3. The van der Waals surface area contributed by atoms with Crippen LogP contribution in [0.25, 0.3) is 0 Å². The quantitative estimate of drug-likeness (QED) is 0.555. The molecule has 0 saturated heterocycles. The number of hydrogen-bond donors (Lipinski definition) is 0. The van der Waals surface area contributed by atoms with Crippen molar-refractivity contribution in [2.24, 2.45) is 0 Å². The number of methoxy groups -OCH3 is 1. The molecule has 0 aromatic heterocycles. The van der Waals surface area contributed by atoms with Crippen molar-refractivity contribution in [2.75, 3.05) is 7.11 Å². The highest BCUT2D eigenvalue weighted by Gasteiger charge is 2.06. The molecule has 0 unspecified atom stereocenters. The van der Waals surface area contributed by atoms with Crippen molar-refractivity contribution in [1.82, 2.24) is 0 Å². The van der Waals surface area contributed by atoms with E-state index in [4.69, 9.17) is 14.2 Å². The number of hydrogen-bond acceptors (Lipinski definition) is 4. The van der Waals surface area contributed by atoms with Gasteiger partial charge in [-0.25, -0.2) is 0 Å². The van der Waals surface area contributed by atoms with E-state index in [9.17, 15) is 4.79 Å². The van der Waals surface area contributed by atoms with Crippen LogP contribution in [-0.4, -0.2) is 13.4 Å². The van der Waals surface area contributed by atoms with Gasteiger partial charge < -0.3 is 14.2 Å². The van der Waals surface area contributed by atoms with Crippen molar-refractivity contribution in [1.29, 1.82) is 0 Å². The van der Waals surface area contributed by atoms with Crippen LogP contribution >= 0.6 is 0 Å². The molecule has 4 nitrogen and oxygen atoms in total. The summed E-state index contributed by atoms with van der Waals surface area (Å²) in [6.07, 6.45) is 0.807. The Morgan fingerprint density at radius 2 is 1.46 bits per heavy atom. The van der Waals surface area contributed by atoms with E-state index in [1.54, 1.807) is 25.3 Å². The summed E-state index contributed by atoms with van der Waals surface area (Å²) >= 11 is 0. The highest BCUT2D eigenvalue weighted by Crippen LogP contribution is 2.23. The molecule has 0 heterocycles. The molecule has 0 aliphatic rings. The minimum atomic E-state index is 0.315. The lowest BCUT2D eigenvalue weighted by Gasteiger charge is -2.11. The van der Waals surface area contributed by atoms with E-state index in [0.717, 1.165) is 28.9 Å². The van der Waals surface area contributed by atoms with Gasteiger partial charge in [0.05, 0.1) is 7.11 Å². The lowest BCUT2D eigenvalue weighted by atomic mass is 10.1. The zero-order chi connectivity index (χ0) is 18.2. The molecule has 0 saturated carbocycles. The molecular weight excluding hydrogens is 328 g/mol. The molecule has 0 amide bonds. The Labute approximate surface area is 153 Å². The lowest BCUT2D eigenvalue weighted by molar-refractivity contribution is 0.112. The Hall–Kier alpha value is -3.27. The summed E-state index contributed by atoms with van der Waals surface area (Å²) in [5.74, 6) is 2.19. The second kappa shape index (κ2) is 8.72. The average Bonchev–Trinajstić information content (AvgIpc) is 2.72. The van der Waals surface area contributed by atoms with Crippen LogP contribution < -0.4 is 14.2 Å². The maximum Gasteiger partial charge on any atom is 0.150 e. The summed E-state index contributed by atoms with van der Waals surface area (Å²) in [5.41, 5.74) is 2.53. The first-order chi connectivity index (χ1) is 12.8. The van der Waals surface area contributed by atoms with Crippen LogP contribution in [0.15, 0.2) is 72.8 Å². The van der Waals surface area contributed by atoms with Crippen LogP contribution in [-0.2, 0) is 13.2 Å². The molecule has 3 rings (SSSR count). The zero-order valence-electron chi connectivity index (χ0n) is 14.6. The van der Waals surface area contributed by atoms with Crippen LogP contribution in [0.4, 0.5) is 0 Å². The molecule has 132 valence electrons. The van der Waals surface area contributed by atoms with Crippen LogP contribution in [0, 0.1) is 0 Å². The summed E-state index contributed by atoms with van der Waals surface area (Å²) in [4.78, 5) is 10.9. The molecule has 0 aliphatic heterocycles. The molecule has 0 bridgehead atoms. The van der Waals surface area contributed by atoms with Gasteiger partial charge in [0.25, 0.3) is 0 Å². The van der Waals surface area contributed by atoms with Gasteiger partial charge >= 0.3 is 0 Å². The van der Waals surface area contributed by atoms with Gasteiger partial charge in [0.2, 0.25) is 0 Å². The first-order valence-corrected chi connectivity index (χ1v) is 8.30. The SMILES string of the molecule is COc1ccc(C=O)cc1COc1ccc(OCc2ccccc2)cc1.